The Balaban J connectivity index is 0. The predicted octanol–water partition coefficient (Wildman–Crippen LogP) is 1.93. The minimum Gasteiger partial charge on any atom is -0.748 e. The molecule has 0 aromatic heterocycles. The van der Waals surface area contributed by atoms with E-state index in [1.54, 1.807) is 0 Å². The molecule has 1 unspecified atom stereocenters. The zero-order chi connectivity index (χ0) is 26.1. The molecule has 0 saturated heterocycles. The molecular formula is C10H4F17LiO3S. The Morgan fingerprint density at radius 3 is 0.969 bits per heavy atom. The van der Waals surface area contributed by atoms with Crippen molar-refractivity contribution >= 4 is 10.1 Å². The molecule has 0 bridgehead atoms. The fraction of sp³-hybridized carbons (Fsp3) is 1.00. The van der Waals surface area contributed by atoms with Gasteiger partial charge < -0.3 is 4.55 Å². The molecule has 0 radical (unpaired) electrons. The van der Waals surface area contributed by atoms with E-state index < -0.39 is 69.9 Å². The van der Waals surface area contributed by atoms with Crippen LogP contribution in [0.25, 0.3) is 0 Å². The van der Waals surface area contributed by atoms with Crippen molar-refractivity contribution in [3.8, 4) is 0 Å². The maximum atomic E-state index is 13.3. The second-order valence-corrected chi connectivity index (χ2v) is 7.39. The number of rotatable bonds is 8. The topological polar surface area (TPSA) is 57.2 Å². The third-order valence-corrected chi connectivity index (χ3v) is 4.85. The fourth-order valence-corrected chi connectivity index (χ4v) is 2.12. The summed E-state index contributed by atoms with van der Waals surface area (Å²) in [7, 11) is -6.82. The molecule has 0 N–H and O–H groups in total. The van der Waals surface area contributed by atoms with Crippen LogP contribution in [0.1, 0.15) is 6.92 Å². The molecule has 0 aliphatic heterocycles. The van der Waals surface area contributed by atoms with Crippen LogP contribution in [-0.4, -0.2) is 65.9 Å². The Morgan fingerprint density at radius 1 is 0.531 bits per heavy atom. The first kappa shape index (κ1) is 33.5. The molecule has 0 aromatic carbocycles. The summed E-state index contributed by atoms with van der Waals surface area (Å²) in [5.41, 5.74) is 0. The van der Waals surface area contributed by atoms with Gasteiger partial charge in [-0.25, -0.2) is 8.42 Å². The summed E-state index contributed by atoms with van der Waals surface area (Å²) >= 11 is 0. The van der Waals surface area contributed by atoms with Crippen LogP contribution < -0.4 is 18.9 Å². The van der Waals surface area contributed by atoms with Gasteiger partial charge in [0.05, 0.1) is 0 Å². The summed E-state index contributed by atoms with van der Waals surface area (Å²) in [4.78, 5) is 0. The normalized spacial score (nSPS) is 17.1. The van der Waals surface area contributed by atoms with Gasteiger partial charge in [-0.2, -0.15) is 74.6 Å². The van der Waals surface area contributed by atoms with E-state index in [-0.39, 0.29) is 18.9 Å². The summed E-state index contributed by atoms with van der Waals surface area (Å²) in [6.07, 6.45) is -7.87. The Bertz CT molecular complexity index is 787. The second kappa shape index (κ2) is 8.22. The van der Waals surface area contributed by atoms with Gasteiger partial charge in [-0.15, -0.1) is 0 Å². The molecule has 32 heavy (non-hydrogen) atoms. The van der Waals surface area contributed by atoms with Crippen molar-refractivity contribution in [2.45, 2.75) is 59.8 Å². The number of halogens is 17. The largest absolute Gasteiger partial charge is 1.00 e. The van der Waals surface area contributed by atoms with Gasteiger partial charge in [-0.1, -0.05) is 0 Å². The number of hydrogen-bond acceptors (Lipinski definition) is 3. The first-order chi connectivity index (χ1) is 12.9. The first-order valence-electron chi connectivity index (χ1n) is 6.56. The van der Waals surface area contributed by atoms with Crippen LogP contribution in [0.2, 0.25) is 0 Å². The van der Waals surface area contributed by atoms with Gasteiger partial charge in [0.25, 0.3) is 0 Å². The van der Waals surface area contributed by atoms with Gasteiger partial charge in [0.15, 0.2) is 0 Å². The molecule has 0 aliphatic carbocycles. The quantitative estimate of drug-likeness (QED) is 0.272. The molecule has 1 atom stereocenters. The molecule has 0 aromatic rings. The molecule has 0 saturated carbocycles. The van der Waals surface area contributed by atoms with Crippen molar-refractivity contribution in [3.05, 3.63) is 0 Å². The second-order valence-electron chi connectivity index (χ2n) is 5.70. The fourth-order valence-electron chi connectivity index (χ4n) is 1.61. The van der Waals surface area contributed by atoms with Gasteiger partial charge >= 0.3 is 66.5 Å². The van der Waals surface area contributed by atoms with E-state index in [0.29, 0.717) is 0 Å². The van der Waals surface area contributed by atoms with Crippen molar-refractivity contribution in [1.29, 1.82) is 0 Å². The number of alkyl halides is 17. The molecule has 0 aliphatic rings. The molecule has 0 heterocycles. The van der Waals surface area contributed by atoms with Crippen LogP contribution in [-0.2, 0) is 10.1 Å². The molecule has 3 nitrogen and oxygen atoms in total. The average molecular weight is 534 g/mol. The van der Waals surface area contributed by atoms with Crippen molar-refractivity contribution in [1.82, 2.24) is 0 Å². The van der Waals surface area contributed by atoms with E-state index in [4.69, 9.17) is 0 Å². The smallest absolute Gasteiger partial charge is 0.748 e. The summed E-state index contributed by atoms with van der Waals surface area (Å²) in [6, 6.07) is 0. The molecule has 22 heteroatoms. The number of hydrogen-bond donors (Lipinski definition) is 0. The van der Waals surface area contributed by atoms with Gasteiger partial charge in [0.2, 0.25) is 0 Å². The molecular weight excluding hydrogens is 530 g/mol. The molecule has 188 valence electrons. The molecule has 0 spiro atoms. The van der Waals surface area contributed by atoms with E-state index in [0.717, 1.165) is 0 Å². The van der Waals surface area contributed by atoms with Gasteiger partial charge in [0.1, 0.15) is 15.4 Å². The summed E-state index contributed by atoms with van der Waals surface area (Å²) in [5, 5.41) is -4.64. The summed E-state index contributed by atoms with van der Waals surface area (Å²) in [5.74, 6) is -58.7. The Hall–Kier alpha value is -0.683. The van der Waals surface area contributed by atoms with E-state index in [2.05, 4.69) is 0 Å². The van der Waals surface area contributed by atoms with Crippen molar-refractivity contribution in [2.75, 3.05) is 0 Å². The van der Waals surface area contributed by atoms with Crippen LogP contribution in [0.4, 0.5) is 74.6 Å². The van der Waals surface area contributed by atoms with E-state index in [1.807, 2.05) is 0 Å². The van der Waals surface area contributed by atoms with Gasteiger partial charge in [-0.05, 0) is 6.92 Å². The van der Waals surface area contributed by atoms with Gasteiger partial charge in [0, 0.05) is 0 Å². The van der Waals surface area contributed by atoms with Crippen molar-refractivity contribution in [3.63, 3.8) is 0 Å². The minimum absolute atomic E-state index is 0. The predicted molar refractivity (Wildman–Crippen MR) is 59.8 cm³/mol. The summed E-state index contributed by atoms with van der Waals surface area (Å²) < 4.78 is 250. The SMILES string of the molecule is CC(C(F)(F)C(F)(F)C(F)(F)C(F)(F)C(F)(F)C(F)(F)C(F)(F)C(F)(F)F)S(=O)(=O)[O-].[Li+]. The minimum atomic E-state index is -8.82. The molecule has 0 rings (SSSR count). The maximum absolute atomic E-state index is 13.3. The molecule has 0 fully saturated rings. The van der Waals surface area contributed by atoms with Crippen LogP contribution in [0, 0.1) is 0 Å². The monoisotopic (exact) mass is 534 g/mol. The molecule has 0 amide bonds. The van der Waals surface area contributed by atoms with E-state index in [1.165, 1.54) is 0 Å². The van der Waals surface area contributed by atoms with E-state index >= 15 is 0 Å². The van der Waals surface area contributed by atoms with Crippen molar-refractivity contribution < 1.29 is 106 Å². The third-order valence-electron chi connectivity index (χ3n) is 3.69. The van der Waals surface area contributed by atoms with Crippen LogP contribution in [0.15, 0.2) is 0 Å². The third kappa shape index (κ3) is 4.26. The Kier molecular flexibility index (Phi) is 8.60. The van der Waals surface area contributed by atoms with Crippen LogP contribution in [0.5, 0.6) is 0 Å². The van der Waals surface area contributed by atoms with Gasteiger partial charge in [-0.3, -0.25) is 0 Å². The van der Waals surface area contributed by atoms with Crippen molar-refractivity contribution in [2.24, 2.45) is 0 Å². The zero-order valence-electron chi connectivity index (χ0n) is 14.6. The first-order valence-corrected chi connectivity index (χ1v) is 8.04. The van der Waals surface area contributed by atoms with Crippen LogP contribution >= 0.6 is 0 Å². The zero-order valence-corrected chi connectivity index (χ0v) is 15.5. The average Bonchev–Trinajstić information content (AvgIpc) is 2.50. The Morgan fingerprint density at radius 2 is 0.750 bits per heavy atom. The Labute approximate surface area is 177 Å². The van der Waals surface area contributed by atoms with E-state index in [9.17, 15) is 87.6 Å². The maximum Gasteiger partial charge on any atom is 1.00 e. The summed E-state index contributed by atoms with van der Waals surface area (Å²) in [6.45, 7) is -0.838. The van der Waals surface area contributed by atoms with Crippen LogP contribution in [0.3, 0.4) is 0 Å². The standard InChI is InChI=1S/C10H5F17O3S.Li/c1-2(31(28,29)30)3(11,12)4(13,14)5(15,16)6(17,18)7(19,20)8(21,22)9(23,24)10(25,26)27;/h2H,1H3,(H,28,29,30);/q;+1/p-1.